The van der Waals surface area contributed by atoms with Crippen LogP contribution in [0.1, 0.15) is 56.0 Å². The summed E-state index contributed by atoms with van der Waals surface area (Å²) >= 11 is 0. The Morgan fingerprint density at radius 3 is 2.58 bits per heavy atom. The van der Waals surface area contributed by atoms with Crippen LogP contribution >= 0.6 is 7.52 Å². The lowest BCUT2D eigenvalue weighted by atomic mass is 9.63. The second-order valence-corrected chi connectivity index (χ2v) is 13.4. The summed E-state index contributed by atoms with van der Waals surface area (Å²) in [7, 11) is -8.03. The highest BCUT2D eigenvalue weighted by Gasteiger charge is 2.51. The number of hydrogen-bond donors (Lipinski definition) is 3. The molecule has 1 aliphatic heterocycles. The number of carbonyl (C=O) groups excluding carboxylic acids is 2. The number of amidine groups is 1. The Labute approximate surface area is 211 Å². The molecule has 36 heavy (non-hydrogen) atoms. The number of sulfonamides is 1. The zero-order valence-electron chi connectivity index (χ0n) is 20.6. The molecule has 4 atom stereocenters. The molecule has 2 aromatic carbocycles. The number of carbonyl (C=O) groups is 2. The van der Waals surface area contributed by atoms with Gasteiger partial charge in [0, 0.05) is 11.3 Å². The number of ketones is 2. The van der Waals surface area contributed by atoms with E-state index in [0.29, 0.717) is 23.5 Å². The maximum absolute atomic E-state index is 14.0. The Morgan fingerprint density at radius 2 is 1.92 bits per heavy atom. The maximum atomic E-state index is 14.0. The maximum Gasteiger partial charge on any atom is 0.345 e. The lowest BCUT2D eigenvalue weighted by molar-refractivity contribution is -0.125. The minimum Gasteiger partial charge on any atom is -0.342 e. The van der Waals surface area contributed by atoms with Gasteiger partial charge in [-0.25, -0.2) is 8.42 Å². The Hall–Kier alpha value is -2.81. The SMILES string of the molecule is CCC(C)CCC1(C)C(=O)C(C2=NP(=O)(O)c3cc(NS(C)(=O)=O)ccc3N2)C(=O)c2ccccc21. The van der Waals surface area contributed by atoms with Crippen LogP contribution in [0.15, 0.2) is 47.2 Å². The van der Waals surface area contributed by atoms with E-state index in [9.17, 15) is 27.5 Å². The molecule has 11 heteroatoms. The molecule has 1 aliphatic carbocycles. The molecule has 3 N–H and O–H groups in total. The number of nitrogens with zero attached hydrogens (tertiary/aromatic N) is 1. The number of Topliss-reactive ketones (excluding diaryl/α,β-unsaturated/α-hetero) is 2. The topological polar surface area (TPSA) is 142 Å². The Morgan fingerprint density at radius 1 is 1.22 bits per heavy atom. The molecule has 4 unspecified atom stereocenters. The van der Waals surface area contributed by atoms with Gasteiger partial charge in [-0.05, 0) is 49.4 Å². The van der Waals surface area contributed by atoms with Crippen LogP contribution < -0.4 is 15.3 Å². The van der Waals surface area contributed by atoms with E-state index in [0.717, 1.165) is 19.1 Å². The van der Waals surface area contributed by atoms with Crippen molar-refractivity contribution >= 4 is 51.6 Å². The zero-order valence-corrected chi connectivity index (χ0v) is 22.3. The lowest BCUT2D eigenvalue weighted by Crippen LogP contribution is -2.51. The number of rotatable bonds is 7. The van der Waals surface area contributed by atoms with E-state index in [2.05, 4.69) is 28.6 Å². The molecule has 4 rings (SSSR count). The van der Waals surface area contributed by atoms with Gasteiger partial charge in [0.15, 0.2) is 11.6 Å². The minimum absolute atomic E-state index is 0.0994. The summed E-state index contributed by atoms with van der Waals surface area (Å²) in [6, 6.07) is 11.1. The molecule has 192 valence electrons. The molecule has 9 nitrogen and oxygen atoms in total. The molecule has 0 radical (unpaired) electrons. The third-order valence-corrected chi connectivity index (χ3v) is 9.17. The number of hydrogen-bond acceptors (Lipinski definition) is 6. The van der Waals surface area contributed by atoms with Crippen molar-refractivity contribution in [2.75, 3.05) is 16.3 Å². The van der Waals surface area contributed by atoms with Crippen LogP contribution in [0, 0.1) is 11.8 Å². The van der Waals surface area contributed by atoms with Gasteiger partial charge in [0.25, 0.3) is 0 Å². The summed E-state index contributed by atoms with van der Waals surface area (Å²) in [6.07, 6.45) is 3.24. The first-order chi connectivity index (χ1) is 16.8. The average molecular weight is 532 g/mol. The highest BCUT2D eigenvalue weighted by atomic mass is 32.2. The van der Waals surface area contributed by atoms with Crippen molar-refractivity contribution in [2.24, 2.45) is 16.6 Å². The van der Waals surface area contributed by atoms with Crippen molar-refractivity contribution in [1.82, 2.24) is 0 Å². The molecule has 2 aromatic rings. The molecule has 0 spiro atoms. The first-order valence-corrected chi connectivity index (χ1v) is 15.3. The van der Waals surface area contributed by atoms with E-state index in [1.54, 1.807) is 24.3 Å². The van der Waals surface area contributed by atoms with Crippen molar-refractivity contribution in [3.8, 4) is 0 Å². The molecule has 2 aliphatic rings. The van der Waals surface area contributed by atoms with E-state index in [1.165, 1.54) is 18.2 Å². The van der Waals surface area contributed by atoms with Crippen LogP contribution in [0.3, 0.4) is 0 Å². The van der Waals surface area contributed by atoms with Crippen molar-refractivity contribution in [3.63, 3.8) is 0 Å². The van der Waals surface area contributed by atoms with E-state index >= 15 is 0 Å². The highest BCUT2D eigenvalue weighted by Crippen LogP contribution is 2.49. The lowest BCUT2D eigenvalue weighted by Gasteiger charge is -2.39. The van der Waals surface area contributed by atoms with Crippen LogP contribution in [-0.2, 0) is 24.8 Å². The number of anilines is 2. The summed E-state index contributed by atoms with van der Waals surface area (Å²) in [5.41, 5.74) is 0.392. The molecule has 0 fully saturated rings. The second-order valence-electron chi connectivity index (χ2n) is 9.85. The molecule has 0 aromatic heterocycles. The fraction of sp³-hybridized carbons (Fsp3) is 0.400. The van der Waals surface area contributed by atoms with Gasteiger partial charge in [0.2, 0.25) is 10.0 Å². The predicted molar refractivity (Wildman–Crippen MR) is 141 cm³/mol. The van der Waals surface area contributed by atoms with Gasteiger partial charge < -0.3 is 10.2 Å². The fourth-order valence-electron chi connectivity index (χ4n) is 4.80. The van der Waals surface area contributed by atoms with Gasteiger partial charge in [-0.2, -0.15) is 4.76 Å². The van der Waals surface area contributed by atoms with Gasteiger partial charge in [-0.3, -0.25) is 18.9 Å². The molecular formula is C25H30N3O6PS. The summed E-state index contributed by atoms with van der Waals surface area (Å²) < 4.78 is 42.6. The quantitative estimate of drug-likeness (QED) is 0.364. The van der Waals surface area contributed by atoms with Crippen molar-refractivity contribution in [3.05, 3.63) is 53.6 Å². The van der Waals surface area contributed by atoms with Crippen LogP contribution in [0.25, 0.3) is 0 Å². The fourth-order valence-corrected chi connectivity index (χ4v) is 6.67. The zero-order chi connectivity index (χ0) is 26.5. The third kappa shape index (κ3) is 4.77. The Kier molecular flexibility index (Phi) is 6.75. The second kappa shape index (κ2) is 9.25. The molecule has 1 heterocycles. The normalized spacial score (nSPS) is 26.4. The van der Waals surface area contributed by atoms with E-state index in [-0.39, 0.29) is 28.3 Å². The van der Waals surface area contributed by atoms with Gasteiger partial charge in [-0.15, -0.1) is 0 Å². The van der Waals surface area contributed by atoms with Crippen molar-refractivity contribution < 1.29 is 27.5 Å². The monoisotopic (exact) mass is 531 g/mol. The van der Waals surface area contributed by atoms with Crippen LogP contribution in [-0.4, -0.2) is 37.0 Å². The number of nitrogens with one attached hydrogen (secondary N) is 2. The Bertz CT molecular complexity index is 1440. The molecular weight excluding hydrogens is 501 g/mol. The summed E-state index contributed by atoms with van der Waals surface area (Å²) in [6.45, 7) is 6.03. The average Bonchev–Trinajstić information content (AvgIpc) is 2.80. The van der Waals surface area contributed by atoms with E-state index in [4.69, 9.17) is 0 Å². The first kappa shape index (κ1) is 26.3. The van der Waals surface area contributed by atoms with Gasteiger partial charge in [0.05, 0.1) is 22.7 Å². The molecule has 0 saturated carbocycles. The molecule has 0 bridgehead atoms. The third-order valence-electron chi connectivity index (χ3n) is 7.08. The van der Waals surface area contributed by atoms with E-state index in [1.807, 2.05) is 6.92 Å². The van der Waals surface area contributed by atoms with Crippen LogP contribution in [0.4, 0.5) is 11.4 Å². The molecule has 0 saturated heterocycles. The van der Waals surface area contributed by atoms with Gasteiger partial charge >= 0.3 is 7.52 Å². The van der Waals surface area contributed by atoms with Crippen molar-refractivity contribution in [2.45, 2.75) is 45.4 Å². The Balaban J connectivity index is 1.77. The van der Waals surface area contributed by atoms with Crippen LogP contribution in [0.2, 0.25) is 0 Å². The smallest absolute Gasteiger partial charge is 0.342 e. The summed E-state index contributed by atoms with van der Waals surface area (Å²) in [4.78, 5) is 38.3. The molecule has 0 amide bonds. The van der Waals surface area contributed by atoms with Crippen molar-refractivity contribution in [1.29, 1.82) is 0 Å². The first-order valence-electron chi connectivity index (χ1n) is 11.8. The summed E-state index contributed by atoms with van der Waals surface area (Å²) in [5, 5.41) is 2.80. The van der Waals surface area contributed by atoms with Gasteiger partial charge in [0.1, 0.15) is 11.8 Å². The predicted octanol–water partition coefficient (Wildman–Crippen LogP) is 3.86. The number of benzene rings is 2. The minimum atomic E-state index is -4.42. The highest BCUT2D eigenvalue weighted by molar-refractivity contribution is 7.92. The number of fused-ring (bicyclic) bond motifs is 2. The summed E-state index contributed by atoms with van der Waals surface area (Å²) in [5.74, 6) is -1.97. The van der Waals surface area contributed by atoms with E-state index < -0.39 is 34.7 Å². The van der Waals surface area contributed by atoms with Crippen LogP contribution in [0.5, 0.6) is 0 Å². The largest absolute Gasteiger partial charge is 0.345 e. The standard InChI is InChI=1S/C25H30N3O6PS/c1-5-15(2)12-13-25(3)18-9-7-6-8-17(18)22(29)21(23(25)30)24-26-19-11-10-16(28-36(4,33)34)14-20(19)35(31,32)27-24/h6-11,14-15,21,28H,5,12-13H2,1-4H3,(H2,26,27,31,32). The van der Waals surface area contributed by atoms with Gasteiger partial charge in [-0.1, -0.05) is 44.5 Å².